The van der Waals surface area contributed by atoms with Gasteiger partial charge in [0.2, 0.25) is 0 Å². The van der Waals surface area contributed by atoms with Crippen LogP contribution in [0.3, 0.4) is 0 Å². The maximum Gasteiger partial charge on any atom is 0.0748 e. The van der Waals surface area contributed by atoms with Crippen LogP contribution in [0.4, 0.5) is 0 Å². The number of pyridine rings is 2. The summed E-state index contributed by atoms with van der Waals surface area (Å²) in [5.74, 6) is 0. The molecule has 0 amide bonds. The van der Waals surface area contributed by atoms with Gasteiger partial charge in [-0.2, -0.15) is 0 Å². The highest BCUT2D eigenvalue weighted by atomic mass is 35.5. The van der Waals surface area contributed by atoms with Gasteiger partial charge in [0.25, 0.3) is 0 Å². The van der Waals surface area contributed by atoms with Crippen LogP contribution in [0.25, 0.3) is 10.9 Å². The van der Waals surface area contributed by atoms with Crippen molar-refractivity contribution in [1.82, 2.24) is 9.97 Å². The lowest BCUT2D eigenvalue weighted by molar-refractivity contribution is 1.29. The second kappa shape index (κ2) is 2.72. The standard InChI is InChI=1S/C9H7ClN2/c1-6-4-12-8-2-3-11-5-7(8)9(6)10/h2-5H,1H3. The molecule has 60 valence electrons. The first-order valence-electron chi connectivity index (χ1n) is 3.64. The maximum absolute atomic E-state index is 6.05. The van der Waals surface area contributed by atoms with Gasteiger partial charge in [-0.25, -0.2) is 0 Å². The van der Waals surface area contributed by atoms with Gasteiger partial charge >= 0.3 is 0 Å². The number of rotatable bonds is 0. The summed E-state index contributed by atoms with van der Waals surface area (Å²) in [6.45, 7) is 1.93. The molecule has 0 fully saturated rings. The number of halogens is 1. The zero-order valence-corrected chi connectivity index (χ0v) is 7.34. The van der Waals surface area contributed by atoms with Gasteiger partial charge in [-0.1, -0.05) is 11.6 Å². The van der Waals surface area contributed by atoms with E-state index >= 15 is 0 Å². The highest BCUT2D eigenvalue weighted by Gasteiger charge is 2.01. The molecular weight excluding hydrogens is 172 g/mol. The van der Waals surface area contributed by atoms with Crippen molar-refractivity contribution in [3.63, 3.8) is 0 Å². The number of hydrogen-bond acceptors (Lipinski definition) is 2. The van der Waals surface area contributed by atoms with Gasteiger partial charge < -0.3 is 0 Å². The molecular formula is C9H7ClN2. The monoisotopic (exact) mass is 178 g/mol. The highest BCUT2D eigenvalue weighted by Crippen LogP contribution is 2.23. The SMILES string of the molecule is Cc1cnc2ccncc2c1Cl. The predicted octanol–water partition coefficient (Wildman–Crippen LogP) is 2.59. The third-order valence-corrected chi connectivity index (χ3v) is 2.28. The molecule has 0 saturated heterocycles. The van der Waals surface area contributed by atoms with E-state index in [1.807, 2.05) is 13.0 Å². The molecule has 0 unspecified atom stereocenters. The maximum atomic E-state index is 6.05. The molecule has 0 spiro atoms. The topological polar surface area (TPSA) is 25.8 Å². The quantitative estimate of drug-likeness (QED) is 0.620. The zero-order valence-electron chi connectivity index (χ0n) is 6.58. The molecule has 2 nitrogen and oxygen atoms in total. The third-order valence-electron chi connectivity index (χ3n) is 1.78. The molecule has 3 heteroatoms. The van der Waals surface area contributed by atoms with Crippen LogP contribution in [0.1, 0.15) is 5.56 Å². The van der Waals surface area contributed by atoms with Crippen molar-refractivity contribution in [2.45, 2.75) is 6.92 Å². The zero-order chi connectivity index (χ0) is 8.55. The molecule has 2 aromatic rings. The number of nitrogens with zero attached hydrogens (tertiary/aromatic N) is 2. The largest absolute Gasteiger partial charge is 0.264 e. The van der Waals surface area contributed by atoms with Gasteiger partial charge in [0.05, 0.1) is 10.5 Å². The minimum Gasteiger partial charge on any atom is -0.264 e. The Kier molecular flexibility index (Phi) is 1.70. The molecule has 12 heavy (non-hydrogen) atoms. The van der Waals surface area contributed by atoms with Crippen molar-refractivity contribution < 1.29 is 0 Å². The molecule has 0 aromatic carbocycles. The Hall–Kier alpha value is -1.15. The van der Waals surface area contributed by atoms with Crippen LogP contribution in [-0.2, 0) is 0 Å². The summed E-state index contributed by atoms with van der Waals surface area (Å²) in [4.78, 5) is 8.21. The predicted molar refractivity (Wildman–Crippen MR) is 49.3 cm³/mol. The summed E-state index contributed by atoms with van der Waals surface area (Å²) in [5, 5.41) is 1.66. The van der Waals surface area contributed by atoms with Gasteiger partial charge in [-0.05, 0) is 18.6 Å². The van der Waals surface area contributed by atoms with E-state index in [0.717, 1.165) is 21.5 Å². The Morgan fingerprint density at radius 1 is 1.33 bits per heavy atom. The van der Waals surface area contributed by atoms with Gasteiger partial charge in [-0.15, -0.1) is 0 Å². The van der Waals surface area contributed by atoms with Crippen molar-refractivity contribution in [2.75, 3.05) is 0 Å². The molecule has 0 aliphatic heterocycles. The lowest BCUT2D eigenvalue weighted by Crippen LogP contribution is -1.84. The van der Waals surface area contributed by atoms with E-state index in [0.29, 0.717) is 0 Å². The molecule has 0 atom stereocenters. The van der Waals surface area contributed by atoms with E-state index < -0.39 is 0 Å². The molecule has 0 saturated carbocycles. The van der Waals surface area contributed by atoms with E-state index in [2.05, 4.69) is 9.97 Å². The molecule has 2 heterocycles. The molecule has 0 radical (unpaired) electrons. The number of fused-ring (bicyclic) bond motifs is 1. The van der Waals surface area contributed by atoms with Crippen LogP contribution in [0, 0.1) is 6.92 Å². The lowest BCUT2D eigenvalue weighted by Gasteiger charge is -2.00. The van der Waals surface area contributed by atoms with Crippen LogP contribution < -0.4 is 0 Å². The minimum atomic E-state index is 0.744. The van der Waals surface area contributed by atoms with E-state index in [1.54, 1.807) is 18.6 Å². The van der Waals surface area contributed by atoms with Crippen LogP contribution in [0.5, 0.6) is 0 Å². The summed E-state index contributed by atoms with van der Waals surface area (Å²) in [7, 11) is 0. The van der Waals surface area contributed by atoms with Crippen LogP contribution in [0.2, 0.25) is 5.02 Å². The van der Waals surface area contributed by atoms with Crippen LogP contribution in [-0.4, -0.2) is 9.97 Å². The van der Waals surface area contributed by atoms with Gasteiger partial charge in [0.15, 0.2) is 0 Å². The van der Waals surface area contributed by atoms with E-state index in [9.17, 15) is 0 Å². The Labute approximate surface area is 75.2 Å². The second-order valence-electron chi connectivity index (χ2n) is 2.65. The molecule has 0 aliphatic carbocycles. The Bertz CT molecular complexity index is 426. The first-order chi connectivity index (χ1) is 5.79. The van der Waals surface area contributed by atoms with Crippen LogP contribution >= 0.6 is 11.6 Å². The van der Waals surface area contributed by atoms with Gasteiger partial charge in [0, 0.05) is 24.0 Å². The van der Waals surface area contributed by atoms with E-state index in [4.69, 9.17) is 11.6 Å². The summed E-state index contributed by atoms with van der Waals surface area (Å²) in [6, 6.07) is 1.85. The Morgan fingerprint density at radius 3 is 3.00 bits per heavy atom. The third kappa shape index (κ3) is 1.04. The van der Waals surface area contributed by atoms with Crippen molar-refractivity contribution in [1.29, 1.82) is 0 Å². The normalized spacial score (nSPS) is 10.5. The average molecular weight is 179 g/mol. The van der Waals surface area contributed by atoms with Crippen molar-refractivity contribution in [3.8, 4) is 0 Å². The fourth-order valence-electron chi connectivity index (χ4n) is 1.10. The van der Waals surface area contributed by atoms with Gasteiger partial charge in [0.1, 0.15) is 0 Å². The first-order valence-corrected chi connectivity index (χ1v) is 4.01. The average Bonchev–Trinajstić information content (AvgIpc) is 2.12. The molecule has 0 aliphatic rings. The summed E-state index contributed by atoms with van der Waals surface area (Å²) in [6.07, 6.45) is 5.21. The molecule has 2 aromatic heterocycles. The highest BCUT2D eigenvalue weighted by molar-refractivity contribution is 6.35. The van der Waals surface area contributed by atoms with E-state index in [-0.39, 0.29) is 0 Å². The fourth-order valence-corrected chi connectivity index (χ4v) is 1.30. The van der Waals surface area contributed by atoms with Gasteiger partial charge in [-0.3, -0.25) is 9.97 Å². The van der Waals surface area contributed by atoms with Crippen molar-refractivity contribution in [2.24, 2.45) is 0 Å². The van der Waals surface area contributed by atoms with Crippen molar-refractivity contribution in [3.05, 3.63) is 35.2 Å². The summed E-state index contributed by atoms with van der Waals surface area (Å²) >= 11 is 6.05. The second-order valence-corrected chi connectivity index (χ2v) is 3.03. The lowest BCUT2D eigenvalue weighted by atomic mass is 10.2. The minimum absolute atomic E-state index is 0.744. The smallest absolute Gasteiger partial charge is 0.0748 e. The van der Waals surface area contributed by atoms with Crippen molar-refractivity contribution >= 4 is 22.5 Å². The Morgan fingerprint density at radius 2 is 2.17 bits per heavy atom. The Balaban J connectivity index is 2.91. The molecule has 0 N–H and O–H groups in total. The summed E-state index contributed by atoms with van der Waals surface area (Å²) < 4.78 is 0. The number of aryl methyl sites for hydroxylation is 1. The first kappa shape index (κ1) is 7.50. The van der Waals surface area contributed by atoms with E-state index in [1.165, 1.54) is 0 Å². The van der Waals surface area contributed by atoms with Crippen LogP contribution in [0.15, 0.2) is 24.7 Å². The number of aromatic nitrogens is 2. The number of hydrogen-bond donors (Lipinski definition) is 0. The summed E-state index contributed by atoms with van der Waals surface area (Å²) in [5.41, 5.74) is 1.87. The fraction of sp³-hybridized carbons (Fsp3) is 0.111. The molecule has 0 bridgehead atoms. The molecule has 2 rings (SSSR count).